The van der Waals surface area contributed by atoms with Crippen molar-refractivity contribution in [2.45, 2.75) is 0 Å². The van der Waals surface area contributed by atoms with Crippen molar-refractivity contribution in [3.05, 3.63) is 182 Å². The Hall–Kier alpha value is -6.78. The molecule has 0 spiro atoms. The van der Waals surface area contributed by atoms with E-state index in [0.29, 0.717) is 0 Å². The monoisotopic (exact) mass is 656 g/mol. The number of fused-ring (bicyclic) bond motifs is 9. The van der Waals surface area contributed by atoms with Crippen molar-refractivity contribution in [2.75, 3.05) is 6.54 Å². The molecule has 0 saturated heterocycles. The van der Waals surface area contributed by atoms with E-state index in [1.165, 1.54) is 16.3 Å². The van der Waals surface area contributed by atoms with Gasteiger partial charge in [0.1, 0.15) is 23.0 Å². The number of ether oxygens (including phenoxy) is 2. The molecule has 7 aromatic carbocycles. The average Bonchev–Trinajstić information content (AvgIpc) is 3.54. The molecule has 10 rings (SSSR count). The van der Waals surface area contributed by atoms with Crippen LogP contribution in [-0.2, 0) is 0 Å². The Balaban J connectivity index is 1.21. The molecule has 0 aliphatic carbocycles. The Morgan fingerprint density at radius 1 is 0.471 bits per heavy atom. The van der Waals surface area contributed by atoms with Crippen molar-refractivity contribution in [2.24, 2.45) is 0 Å². The standard InChI is InChI=1S/C47H32N2O2/c1-2-11-34(12-3-1)49-41-17-7-4-15-40(41)47-35(16-10-18-42(47)49)33-22-24-39-38-23-21-32(31-25-27-48-28-26-31)29-45(38)50-43-19-8-5-13-36(43)37-14-6-9-20-44(37)51-46(39)30-33/h1-27,29-30,48H,28H2. The number of dihydropyridines is 1. The molecule has 8 aromatic rings. The van der Waals surface area contributed by atoms with Crippen molar-refractivity contribution in [3.63, 3.8) is 0 Å². The zero-order valence-corrected chi connectivity index (χ0v) is 27.7. The number of rotatable bonds is 3. The number of nitrogens with zero attached hydrogens (tertiary/aromatic N) is 1. The van der Waals surface area contributed by atoms with Crippen LogP contribution in [0.1, 0.15) is 5.56 Å². The molecule has 0 fully saturated rings. The van der Waals surface area contributed by atoms with E-state index in [4.69, 9.17) is 9.47 Å². The second kappa shape index (κ2) is 12.0. The van der Waals surface area contributed by atoms with Crippen LogP contribution in [-0.4, -0.2) is 11.1 Å². The van der Waals surface area contributed by atoms with Crippen molar-refractivity contribution in [1.82, 2.24) is 9.88 Å². The normalized spacial score (nSPS) is 13.1. The summed E-state index contributed by atoms with van der Waals surface area (Å²) in [6, 6.07) is 55.3. The Kier molecular flexibility index (Phi) is 6.85. The summed E-state index contributed by atoms with van der Waals surface area (Å²) in [6.45, 7) is 0.791. The Morgan fingerprint density at radius 2 is 1.06 bits per heavy atom. The van der Waals surface area contributed by atoms with Crippen LogP contribution in [0.15, 0.2) is 176 Å². The zero-order valence-electron chi connectivity index (χ0n) is 27.7. The maximum absolute atomic E-state index is 7.02. The summed E-state index contributed by atoms with van der Waals surface area (Å²) in [7, 11) is 0. The minimum Gasteiger partial charge on any atom is -0.456 e. The van der Waals surface area contributed by atoms with Crippen LogP contribution in [0.4, 0.5) is 0 Å². The summed E-state index contributed by atoms with van der Waals surface area (Å²) in [5.74, 6) is 3.10. The van der Waals surface area contributed by atoms with Gasteiger partial charge in [0.25, 0.3) is 0 Å². The lowest BCUT2D eigenvalue weighted by atomic mass is 9.94. The largest absolute Gasteiger partial charge is 0.456 e. The van der Waals surface area contributed by atoms with Gasteiger partial charge in [-0.3, -0.25) is 0 Å². The number of nitrogens with one attached hydrogen (secondary N) is 1. The van der Waals surface area contributed by atoms with Gasteiger partial charge in [-0.1, -0.05) is 103 Å². The van der Waals surface area contributed by atoms with Crippen LogP contribution in [0, 0.1) is 0 Å². The van der Waals surface area contributed by atoms with Crippen LogP contribution >= 0.6 is 0 Å². The highest BCUT2D eigenvalue weighted by Crippen LogP contribution is 2.49. The maximum atomic E-state index is 7.02. The first-order valence-corrected chi connectivity index (χ1v) is 17.3. The summed E-state index contributed by atoms with van der Waals surface area (Å²) in [6.07, 6.45) is 6.30. The third-order valence-corrected chi connectivity index (χ3v) is 9.93. The number of allylic oxidation sites excluding steroid dienone is 2. The highest BCUT2D eigenvalue weighted by Gasteiger charge is 2.23. The Bertz CT molecular complexity index is 2700. The Labute approximate surface area is 296 Å². The van der Waals surface area contributed by atoms with Crippen LogP contribution in [0.25, 0.3) is 66.4 Å². The maximum Gasteiger partial charge on any atom is 0.136 e. The van der Waals surface area contributed by atoms with Gasteiger partial charge in [-0.05, 0) is 95.2 Å². The van der Waals surface area contributed by atoms with Gasteiger partial charge in [-0.2, -0.15) is 0 Å². The minimum absolute atomic E-state index is 0.765. The zero-order chi connectivity index (χ0) is 33.7. The predicted octanol–water partition coefficient (Wildman–Crippen LogP) is 12.2. The molecule has 3 heterocycles. The molecule has 1 N–H and O–H groups in total. The van der Waals surface area contributed by atoms with Crippen LogP contribution in [0.5, 0.6) is 23.0 Å². The van der Waals surface area contributed by atoms with Crippen molar-refractivity contribution < 1.29 is 9.47 Å². The molecular weight excluding hydrogens is 625 g/mol. The highest BCUT2D eigenvalue weighted by atomic mass is 16.5. The molecule has 2 aliphatic heterocycles. The van der Waals surface area contributed by atoms with E-state index in [2.05, 4.69) is 143 Å². The van der Waals surface area contributed by atoms with Crippen molar-refractivity contribution in [1.29, 1.82) is 0 Å². The smallest absolute Gasteiger partial charge is 0.136 e. The molecule has 0 unspecified atom stereocenters. The van der Waals surface area contributed by atoms with E-state index >= 15 is 0 Å². The van der Waals surface area contributed by atoms with E-state index in [9.17, 15) is 0 Å². The molecule has 0 amide bonds. The van der Waals surface area contributed by atoms with Crippen molar-refractivity contribution in [3.8, 4) is 62.1 Å². The summed E-state index contributed by atoms with van der Waals surface area (Å²) in [4.78, 5) is 0. The van der Waals surface area contributed by atoms with Crippen LogP contribution < -0.4 is 14.8 Å². The van der Waals surface area contributed by atoms with Gasteiger partial charge in [0.05, 0.1) is 11.0 Å². The molecule has 51 heavy (non-hydrogen) atoms. The summed E-state index contributed by atoms with van der Waals surface area (Å²) in [5, 5.41) is 5.68. The summed E-state index contributed by atoms with van der Waals surface area (Å²) < 4.78 is 16.3. The lowest BCUT2D eigenvalue weighted by molar-refractivity contribution is 0.472. The van der Waals surface area contributed by atoms with Gasteiger partial charge in [0.2, 0.25) is 0 Å². The number of hydrogen-bond donors (Lipinski definition) is 1. The number of benzene rings is 7. The van der Waals surface area contributed by atoms with Gasteiger partial charge in [0.15, 0.2) is 0 Å². The second-order valence-corrected chi connectivity index (χ2v) is 12.9. The van der Waals surface area contributed by atoms with E-state index in [-0.39, 0.29) is 0 Å². The molecule has 4 nitrogen and oxygen atoms in total. The molecule has 2 aliphatic rings. The first kappa shape index (κ1) is 29.2. The Morgan fingerprint density at radius 3 is 1.78 bits per heavy atom. The molecule has 0 bridgehead atoms. The van der Waals surface area contributed by atoms with E-state index in [0.717, 1.165) is 85.3 Å². The highest BCUT2D eigenvalue weighted by molar-refractivity contribution is 6.16. The molecule has 0 saturated carbocycles. The summed E-state index contributed by atoms with van der Waals surface area (Å²) in [5.41, 5.74) is 11.8. The second-order valence-electron chi connectivity index (χ2n) is 12.9. The lowest BCUT2D eigenvalue weighted by Crippen LogP contribution is -2.08. The number of para-hydroxylation sites is 4. The molecule has 0 radical (unpaired) electrons. The predicted molar refractivity (Wildman–Crippen MR) is 209 cm³/mol. The molecule has 0 atom stereocenters. The fourth-order valence-electron chi connectivity index (χ4n) is 7.58. The summed E-state index contributed by atoms with van der Waals surface area (Å²) >= 11 is 0. The van der Waals surface area contributed by atoms with Crippen molar-refractivity contribution >= 4 is 27.4 Å². The third-order valence-electron chi connectivity index (χ3n) is 9.93. The molecular formula is C47H32N2O2. The van der Waals surface area contributed by atoms with Crippen LogP contribution in [0.3, 0.4) is 0 Å². The van der Waals surface area contributed by atoms with Gasteiger partial charge >= 0.3 is 0 Å². The topological polar surface area (TPSA) is 35.4 Å². The SMILES string of the molecule is C1=CC(c2ccc3c(c2)Oc2ccccc2-c2ccccc2Oc2cc(-c4cccc5c4c4ccccc4n5-c4ccccc4)ccc2-3)=CCN1. The van der Waals surface area contributed by atoms with Gasteiger partial charge in [-0.25, -0.2) is 0 Å². The van der Waals surface area contributed by atoms with Gasteiger partial charge in [-0.15, -0.1) is 0 Å². The quantitative estimate of drug-likeness (QED) is 0.206. The molecule has 1 aromatic heterocycles. The van der Waals surface area contributed by atoms with E-state index < -0.39 is 0 Å². The number of hydrogen-bond acceptors (Lipinski definition) is 3. The van der Waals surface area contributed by atoms with Crippen LogP contribution in [0.2, 0.25) is 0 Å². The third kappa shape index (κ3) is 4.92. The van der Waals surface area contributed by atoms with Gasteiger partial charge in [0, 0.05) is 45.3 Å². The average molecular weight is 657 g/mol. The lowest BCUT2D eigenvalue weighted by Gasteiger charge is -2.22. The fourth-order valence-corrected chi connectivity index (χ4v) is 7.58. The van der Waals surface area contributed by atoms with E-state index in [1.807, 2.05) is 42.6 Å². The minimum atomic E-state index is 0.765. The number of aromatic nitrogens is 1. The molecule has 4 heteroatoms. The fraction of sp³-hybridized carbons (Fsp3) is 0.0213. The first-order valence-electron chi connectivity index (χ1n) is 17.3. The van der Waals surface area contributed by atoms with E-state index in [1.54, 1.807) is 0 Å². The first-order chi connectivity index (χ1) is 25.3. The van der Waals surface area contributed by atoms with Gasteiger partial charge < -0.3 is 19.4 Å². The molecule has 242 valence electrons.